The van der Waals surface area contributed by atoms with Gasteiger partial charge >= 0.3 is 0 Å². The zero-order chi connectivity index (χ0) is 21.6. The number of hydrogen-bond donors (Lipinski definition) is 3. The molecule has 7 heteroatoms. The Labute approximate surface area is 168 Å². The molecule has 0 amide bonds. The fourth-order valence-electron chi connectivity index (χ4n) is 7.25. The molecule has 3 saturated carbocycles. The lowest BCUT2D eigenvalue weighted by atomic mass is 9.44. The van der Waals surface area contributed by atoms with Gasteiger partial charge in [0.25, 0.3) is 0 Å². The molecule has 4 rings (SSSR count). The second kappa shape index (κ2) is 6.05. The monoisotopic (exact) mass is 410 g/mol. The Balaban J connectivity index is 1.87. The summed E-state index contributed by atoms with van der Waals surface area (Å²) in [5, 5.41) is 31.9. The Morgan fingerprint density at radius 3 is 2.55 bits per heavy atom. The lowest BCUT2D eigenvalue weighted by Crippen LogP contribution is -2.70. The van der Waals surface area contributed by atoms with Crippen molar-refractivity contribution in [2.75, 3.05) is 6.61 Å². The highest BCUT2D eigenvalue weighted by Crippen LogP contribution is 2.70. The summed E-state index contributed by atoms with van der Waals surface area (Å²) in [5.41, 5.74) is -6.81. The van der Waals surface area contributed by atoms with Crippen LogP contribution in [-0.4, -0.2) is 57.0 Å². The van der Waals surface area contributed by atoms with Crippen molar-refractivity contribution >= 4 is 11.6 Å². The van der Waals surface area contributed by atoms with Crippen LogP contribution in [0.25, 0.3) is 0 Å². The average Bonchev–Trinajstić information content (AvgIpc) is 2.86. The zero-order valence-corrected chi connectivity index (χ0v) is 16.9. The third-order valence-electron chi connectivity index (χ3n) is 8.78. The van der Waals surface area contributed by atoms with E-state index in [1.54, 1.807) is 13.8 Å². The second-order valence-electron chi connectivity index (χ2n) is 9.84. The Morgan fingerprint density at radius 1 is 1.28 bits per heavy atom. The molecule has 0 aromatic rings. The van der Waals surface area contributed by atoms with Gasteiger partial charge in [0.15, 0.2) is 17.2 Å². The second-order valence-corrected chi connectivity index (χ2v) is 9.84. The average molecular weight is 410 g/mol. The summed E-state index contributed by atoms with van der Waals surface area (Å²) < 4.78 is 32.1. The van der Waals surface area contributed by atoms with E-state index < -0.39 is 70.3 Å². The quantitative estimate of drug-likeness (QED) is 0.646. The van der Waals surface area contributed by atoms with Crippen LogP contribution in [0.4, 0.5) is 8.78 Å². The van der Waals surface area contributed by atoms with Gasteiger partial charge in [0.1, 0.15) is 18.4 Å². The van der Waals surface area contributed by atoms with E-state index in [1.807, 2.05) is 0 Å². The number of aliphatic hydroxyl groups excluding tert-OH is 2. The molecule has 4 unspecified atom stereocenters. The van der Waals surface area contributed by atoms with E-state index in [9.17, 15) is 24.9 Å². The summed E-state index contributed by atoms with van der Waals surface area (Å²) in [6.45, 7) is 3.96. The van der Waals surface area contributed by atoms with Gasteiger partial charge < -0.3 is 15.3 Å². The highest BCUT2D eigenvalue weighted by Gasteiger charge is 2.76. The van der Waals surface area contributed by atoms with Crippen LogP contribution in [0.1, 0.15) is 40.0 Å². The number of ketones is 2. The number of carbonyl (C=O) groups excluding carboxylic acids is 2. The first-order valence-corrected chi connectivity index (χ1v) is 10.2. The van der Waals surface area contributed by atoms with E-state index in [0.29, 0.717) is 0 Å². The van der Waals surface area contributed by atoms with Gasteiger partial charge in [0, 0.05) is 16.7 Å². The molecule has 5 nitrogen and oxygen atoms in total. The number of hydrogen-bond acceptors (Lipinski definition) is 5. The molecule has 3 N–H and O–H groups in total. The normalized spacial score (nSPS) is 53.7. The molecule has 3 fully saturated rings. The molecule has 0 aliphatic heterocycles. The minimum absolute atomic E-state index is 0.0409. The maximum Gasteiger partial charge on any atom is 0.190 e. The molecule has 9 atom stereocenters. The van der Waals surface area contributed by atoms with Crippen LogP contribution < -0.4 is 0 Å². The molecule has 160 valence electrons. The summed E-state index contributed by atoms with van der Waals surface area (Å²) in [7, 11) is 0. The third kappa shape index (κ3) is 2.19. The zero-order valence-electron chi connectivity index (χ0n) is 16.9. The van der Waals surface area contributed by atoms with Crippen LogP contribution >= 0.6 is 0 Å². The molecule has 0 spiro atoms. The molecular weight excluding hydrogens is 382 g/mol. The van der Waals surface area contributed by atoms with Crippen molar-refractivity contribution in [3.63, 3.8) is 0 Å². The van der Waals surface area contributed by atoms with Crippen molar-refractivity contribution in [3.8, 4) is 0 Å². The van der Waals surface area contributed by atoms with E-state index in [1.165, 1.54) is 19.1 Å². The maximum atomic E-state index is 16.9. The molecule has 0 aromatic carbocycles. The number of allylic oxidation sites excluding steroid dienone is 4. The predicted octanol–water partition coefficient (Wildman–Crippen LogP) is 1.84. The summed E-state index contributed by atoms with van der Waals surface area (Å²) >= 11 is 0. The van der Waals surface area contributed by atoms with Gasteiger partial charge in [-0.2, -0.15) is 0 Å². The molecule has 4 aliphatic carbocycles. The van der Waals surface area contributed by atoms with Crippen molar-refractivity contribution in [1.29, 1.82) is 0 Å². The molecular formula is C22H28F2O5. The Hall–Kier alpha value is -1.44. The highest BCUT2D eigenvalue weighted by atomic mass is 19.1. The molecule has 4 aliphatic rings. The van der Waals surface area contributed by atoms with Gasteiger partial charge in [-0.05, 0) is 55.7 Å². The van der Waals surface area contributed by atoms with Crippen LogP contribution in [0.3, 0.4) is 0 Å². The maximum absolute atomic E-state index is 16.9. The van der Waals surface area contributed by atoms with Crippen LogP contribution in [0.2, 0.25) is 0 Å². The first kappa shape index (κ1) is 20.8. The van der Waals surface area contributed by atoms with Gasteiger partial charge in [-0.1, -0.05) is 19.9 Å². The lowest BCUT2D eigenvalue weighted by molar-refractivity contribution is -0.223. The standard InChI is InChI=1S/C22H28F2O5/c1-11-6-13-14-8-16(23)15-7-12(26)4-5-19(15,2)21(14,24)17(27)9-20(13,3)22(11,29)18(28)10-25/h4-5,7,11,13-14,16-17,25,27,29H,6,8-10H2,1-3H3/t11-,13?,14?,16+,17+,19?,20?,21+,22+/m1/s1. The summed E-state index contributed by atoms with van der Waals surface area (Å²) in [4.78, 5) is 24.3. The minimum Gasteiger partial charge on any atom is -0.390 e. The smallest absolute Gasteiger partial charge is 0.190 e. The van der Waals surface area contributed by atoms with Crippen LogP contribution in [0.15, 0.2) is 23.8 Å². The molecule has 0 radical (unpaired) electrons. The predicted molar refractivity (Wildman–Crippen MR) is 100 cm³/mol. The fourth-order valence-corrected chi connectivity index (χ4v) is 7.25. The van der Waals surface area contributed by atoms with Crippen LogP contribution in [0, 0.1) is 28.6 Å². The first-order valence-electron chi connectivity index (χ1n) is 10.2. The minimum atomic E-state index is -2.24. The summed E-state index contributed by atoms with van der Waals surface area (Å²) in [5.74, 6) is -3.24. The number of rotatable bonds is 2. The van der Waals surface area contributed by atoms with Crippen molar-refractivity contribution in [2.45, 2.75) is 63.6 Å². The van der Waals surface area contributed by atoms with E-state index >= 15 is 8.78 Å². The van der Waals surface area contributed by atoms with E-state index in [2.05, 4.69) is 0 Å². The van der Waals surface area contributed by atoms with E-state index in [0.717, 1.165) is 6.08 Å². The number of aliphatic hydroxyl groups is 3. The number of alkyl halides is 2. The Bertz CT molecular complexity index is 839. The van der Waals surface area contributed by atoms with Crippen LogP contribution in [0.5, 0.6) is 0 Å². The van der Waals surface area contributed by atoms with Gasteiger partial charge in [-0.3, -0.25) is 9.59 Å². The van der Waals surface area contributed by atoms with Crippen molar-refractivity contribution in [3.05, 3.63) is 23.8 Å². The van der Waals surface area contributed by atoms with Crippen molar-refractivity contribution < 1.29 is 33.7 Å². The number of carbonyl (C=O) groups is 2. The van der Waals surface area contributed by atoms with Gasteiger partial charge in [0.05, 0.1) is 6.10 Å². The number of fused-ring (bicyclic) bond motifs is 5. The topological polar surface area (TPSA) is 94.8 Å². The Morgan fingerprint density at radius 2 is 1.93 bits per heavy atom. The first-order chi connectivity index (χ1) is 13.4. The van der Waals surface area contributed by atoms with Crippen LogP contribution in [-0.2, 0) is 9.59 Å². The van der Waals surface area contributed by atoms with E-state index in [4.69, 9.17) is 0 Å². The molecule has 29 heavy (non-hydrogen) atoms. The molecule has 0 aromatic heterocycles. The van der Waals surface area contributed by atoms with Crippen molar-refractivity contribution in [2.24, 2.45) is 28.6 Å². The number of halogens is 2. The highest BCUT2D eigenvalue weighted by molar-refractivity contribution is 6.01. The van der Waals surface area contributed by atoms with Gasteiger partial charge in [0.2, 0.25) is 0 Å². The summed E-state index contributed by atoms with van der Waals surface area (Å²) in [6.07, 6.45) is 0.427. The lowest BCUT2D eigenvalue weighted by Gasteiger charge is -2.63. The van der Waals surface area contributed by atoms with Gasteiger partial charge in [-0.15, -0.1) is 0 Å². The molecule has 0 saturated heterocycles. The SMILES string of the molecule is C[C@@H]1CC2C3C[C@H](F)C4=CC(=O)C=CC4(C)[C@@]3(F)[C@@H](O)CC2(C)[C@@]1(O)C(=O)CO. The van der Waals surface area contributed by atoms with Gasteiger partial charge in [-0.25, -0.2) is 8.78 Å². The third-order valence-corrected chi connectivity index (χ3v) is 8.78. The largest absolute Gasteiger partial charge is 0.390 e. The van der Waals surface area contributed by atoms with Crippen molar-refractivity contribution in [1.82, 2.24) is 0 Å². The number of Topliss-reactive ketones (excluding diaryl/α,β-unsaturated/α-hetero) is 1. The van der Waals surface area contributed by atoms with E-state index in [-0.39, 0.29) is 24.8 Å². The molecule has 0 heterocycles. The summed E-state index contributed by atoms with van der Waals surface area (Å²) in [6, 6.07) is 0. The molecule has 0 bridgehead atoms. The Kier molecular flexibility index (Phi) is 4.34. The fraction of sp³-hybridized carbons (Fsp3) is 0.727.